The molecule has 0 radical (unpaired) electrons. The van der Waals surface area contributed by atoms with Crippen molar-refractivity contribution in [3.63, 3.8) is 0 Å². The molecular weight excluding hydrogens is 214 g/mol. The minimum atomic E-state index is 0. The second-order valence-electron chi connectivity index (χ2n) is 2.78. The second-order valence-corrected chi connectivity index (χ2v) is 2.78. The predicted molar refractivity (Wildman–Crippen MR) is 57.8 cm³/mol. The van der Waals surface area contributed by atoms with Gasteiger partial charge in [-0.05, 0) is 25.0 Å². The van der Waals surface area contributed by atoms with Crippen LogP contribution in [0.2, 0.25) is 0 Å². The van der Waals surface area contributed by atoms with Gasteiger partial charge >= 0.3 is 0 Å². The van der Waals surface area contributed by atoms with Gasteiger partial charge in [0.25, 0.3) is 0 Å². The summed E-state index contributed by atoms with van der Waals surface area (Å²) in [5, 5.41) is 0. The molecule has 0 N–H and O–H groups in total. The quantitative estimate of drug-likeness (QED) is 0.722. The highest BCUT2D eigenvalue weighted by Gasteiger charge is 1.90. The molecule has 0 aromatic carbocycles. The number of hydrogen-bond acceptors (Lipinski definition) is 1. The van der Waals surface area contributed by atoms with E-state index in [-0.39, 0.29) is 17.0 Å². The highest BCUT2D eigenvalue weighted by molar-refractivity contribution is 8.93. The average Bonchev–Trinajstić information content (AvgIpc) is 2.07. The number of halogens is 1. The van der Waals surface area contributed by atoms with Crippen LogP contribution in [0.5, 0.6) is 0 Å². The molecule has 0 aliphatic carbocycles. The lowest BCUT2D eigenvalue weighted by atomic mass is 10.1. The Hall–Kier alpha value is -0.370. The summed E-state index contributed by atoms with van der Waals surface area (Å²) in [7, 11) is 0. The SMILES string of the molecule is Br.CCCCCc1ccccn1. The van der Waals surface area contributed by atoms with Gasteiger partial charge in [-0.25, -0.2) is 0 Å². The summed E-state index contributed by atoms with van der Waals surface area (Å²) in [4.78, 5) is 4.25. The summed E-state index contributed by atoms with van der Waals surface area (Å²) < 4.78 is 0. The van der Waals surface area contributed by atoms with Crippen molar-refractivity contribution in [3.8, 4) is 0 Å². The normalized spacial score (nSPS) is 9.08. The van der Waals surface area contributed by atoms with Gasteiger partial charge in [0.15, 0.2) is 0 Å². The van der Waals surface area contributed by atoms with Crippen LogP contribution in [0.25, 0.3) is 0 Å². The number of unbranched alkanes of at least 4 members (excludes halogenated alkanes) is 2. The molecular formula is C10H16BrN. The third-order valence-electron chi connectivity index (χ3n) is 1.76. The molecule has 1 aromatic rings. The van der Waals surface area contributed by atoms with Crippen LogP contribution in [0.15, 0.2) is 24.4 Å². The van der Waals surface area contributed by atoms with Crippen LogP contribution >= 0.6 is 17.0 Å². The van der Waals surface area contributed by atoms with E-state index in [1.54, 1.807) is 0 Å². The van der Waals surface area contributed by atoms with E-state index in [2.05, 4.69) is 18.0 Å². The average molecular weight is 230 g/mol. The number of nitrogens with zero attached hydrogens (tertiary/aromatic N) is 1. The molecule has 0 saturated carbocycles. The van der Waals surface area contributed by atoms with E-state index < -0.39 is 0 Å². The molecule has 0 spiro atoms. The van der Waals surface area contributed by atoms with E-state index in [9.17, 15) is 0 Å². The number of hydrogen-bond donors (Lipinski definition) is 0. The zero-order chi connectivity index (χ0) is 7.94. The Labute approximate surface area is 85.0 Å². The van der Waals surface area contributed by atoms with E-state index in [0.29, 0.717) is 0 Å². The van der Waals surface area contributed by atoms with E-state index in [1.165, 1.54) is 25.0 Å². The van der Waals surface area contributed by atoms with Crippen molar-refractivity contribution in [1.82, 2.24) is 4.98 Å². The van der Waals surface area contributed by atoms with Crippen LogP contribution < -0.4 is 0 Å². The van der Waals surface area contributed by atoms with Crippen molar-refractivity contribution >= 4 is 17.0 Å². The van der Waals surface area contributed by atoms with Crippen LogP contribution in [0.1, 0.15) is 31.9 Å². The Kier molecular flexibility index (Phi) is 7.06. The highest BCUT2D eigenvalue weighted by Crippen LogP contribution is 2.02. The maximum Gasteiger partial charge on any atom is 0.0403 e. The summed E-state index contributed by atoms with van der Waals surface area (Å²) >= 11 is 0. The molecule has 0 aliphatic heterocycles. The molecule has 1 nitrogen and oxygen atoms in total. The minimum absolute atomic E-state index is 0. The third-order valence-corrected chi connectivity index (χ3v) is 1.76. The smallest absolute Gasteiger partial charge is 0.0403 e. The maximum absolute atomic E-state index is 4.25. The molecule has 1 aromatic heterocycles. The van der Waals surface area contributed by atoms with Gasteiger partial charge in [0.05, 0.1) is 0 Å². The Morgan fingerprint density at radius 2 is 2.08 bits per heavy atom. The highest BCUT2D eigenvalue weighted by atomic mass is 79.9. The molecule has 1 heterocycles. The van der Waals surface area contributed by atoms with Crippen molar-refractivity contribution in [3.05, 3.63) is 30.1 Å². The van der Waals surface area contributed by atoms with Gasteiger partial charge in [0, 0.05) is 11.9 Å². The predicted octanol–water partition coefficient (Wildman–Crippen LogP) is 3.39. The lowest BCUT2D eigenvalue weighted by Gasteiger charge is -1.97. The molecule has 12 heavy (non-hydrogen) atoms. The fourth-order valence-corrected chi connectivity index (χ4v) is 1.10. The summed E-state index contributed by atoms with van der Waals surface area (Å²) in [6.07, 6.45) is 6.87. The van der Waals surface area contributed by atoms with Crippen molar-refractivity contribution < 1.29 is 0 Å². The fraction of sp³-hybridized carbons (Fsp3) is 0.500. The largest absolute Gasteiger partial charge is 0.261 e. The summed E-state index contributed by atoms with van der Waals surface area (Å²) in [5.41, 5.74) is 1.22. The van der Waals surface area contributed by atoms with E-state index in [1.807, 2.05) is 18.3 Å². The Morgan fingerprint density at radius 1 is 1.25 bits per heavy atom. The first kappa shape index (κ1) is 11.6. The number of pyridine rings is 1. The first-order chi connectivity index (χ1) is 5.43. The lowest BCUT2D eigenvalue weighted by molar-refractivity contribution is 0.707. The maximum atomic E-state index is 4.25. The van der Waals surface area contributed by atoms with Crippen LogP contribution in [0.4, 0.5) is 0 Å². The fourth-order valence-electron chi connectivity index (χ4n) is 1.10. The minimum Gasteiger partial charge on any atom is -0.261 e. The van der Waals surface area contributed by atoms with Crippen LogP contribution in [0, 0.1) is 0 Å². The second kappa shape index (κ2) is 7.29. The summed E-state index contributed by atoms with van der Waals surface area (Å²) in [6, 6.07) is 6.10. The van der Waals surface area contributed by atoms with Gasteiger partial charge in [-0.15, -0.1) is 17.0 Å². The van der Waals surface area contributed by atoms with Crippen LogP contribution in [0.3, 0.4) is 0 Å². The molecule has 0 bridgehead atoms. The molecule has 0 aliphatic rings. The third kappa shape index (κ3) is 4.50. The molecule has 0 atom stereocenters. The summed E-state index contributed by atoms with van der Waals surface area (Å²) in [5.74, 6) is 0. The molecule has 0 unspecified atom stereocenters. The Balaban J connectivity index is 0.00000121. The molecule has 68 valence electrons. The Bertz CT molecular complexity index is 186. The van der Waals surface area contributed by atoms with Gasteiger partial charge < -0.3 is 0 Å². The van der Waals surface area contributed by atoms with Crippen LogP contribution in [-0.4, -0.2) is 4.98 Å². The van der Waals surface area contributed by atoms with Gasteiger partial charge in [-0.1, -0.05) is 25.8 Å². The monoisotopic (exact) mass is 229 g/mol. The van der Waals surface area contributed by atoms with E-state index in [4.69, 9.17) is 0 Å². The zero-order valence-corrected chi connectivity index (χ0v) is 9.21. The number of aryl methyl sites for hydroxylation is 1. The number of aromatic nitrogens is 1. The topological polar surface area (TPSA) is 12.9 Å². The van der Waals surface area contributed by atoms with Crippen molar-refractivity contribution in [2.24, 2.45) is 0 Å². The van der Waals surface area contributed by atoms with Crippen molar-refractivity contribution in [1.29, 1.82) is 0 Å². The van der Waals surface area contributed by atoms with Gasteiger partial charge in [-0.2, -0.15) is 0 Å². The Morgan fingerprint density at radius 3 is 2.67 bits per heavy atom. The van der Waals surface area contributed by atoms with Crippen molar-refractivity contribution in [2.45, 2.75) is 32.6 Å². The van der Waals surface area contributed by atoms with Gasteiger partial charge in [0.2, 0.25) is 0 Å². The van der Waals surface area contributed by atoms with Crippen LogP contribution in [-0.2, 0) is 6.42 Å². The first-order valence-electron chi connectivity index (χ1n) is 4.33. The number of rotatable bonds is 4. The van der Waals surface area contributed by atoms with Gasteiger partial charge in [0.1, 0.15) is 0 Å². The van der Waals surface area contributed by atoms with Gasteiger partial charge in [-0.3, -0.25) is 4.98 Å². The van der Waals surface area contributed by atoms with E-state index in [0.717, 1.165) is 6.42 Å². The molecule has 0 amide bonds. The molecule has 0 saturated heterocycles. The zero-order valence-electron chi connectivity index (χ0n) is 7.49. The van der Waals surface area contributed by atoms with Crippen molar-refractivity contribution in [2.75, 3.05) is 0 Å². The molecule has 2 heteroatoms. The first-order valence-corrected chi connectivity index (χ1v) is 4.33. The summed E-state index contributed by atoms with van der Waals surface area (Å²) in [6.45, 7) is 2.22. The van der Waals surface area contributed by atoms with E-state index >= 15 is 0 Å². The molecule has 0 fully saturated rings. The lowest BCUT2D eigenvalue weighted by Crippen LogP contribution is -1.87. The standard InChI is InChI=1S/C10H15N.BrH/c1-2-3-4-7-10-8-5-6-9-11-10;/h5-6,8-9H,2-4,7H2,1H3;1H. The molecule has 1 rings (SSSR count).